The lowest BCUT2D eigenvalue weighted by atomic mass is 10.1. The van der Waals surface area contributed by atoms with E-state index >= 15 is 0 Å². The third-order valence-electron chi connectivity index (χ3n) is 4.65. The van der Waals surface area contributed by atoms with Gasteiger partial charge in [-0.3, -0.25) is 9.59 Å². The standard InChI is InChI=1S/C21H29N3O3/c1-15-6-8-18(9-7-15)22-21(26)14-23(4)13-20(25)19-12-16(2)24(17(19)3)10-11-27-5/h6-9,12H,10-11,13-14H2,1-5H3,(H,22,26)/p+1. The molecule has 0 radical (unpaired) electrons. The number of carbonyl (C=O) groups excluding carboxylic acids is 2. The minimum Gasteiger partial charge on any atom is -0.383 e. The van der Waals surface area contributed by atoms with Gasteiger partial charge in [0.1, 0.15) is 6.54 Å². The number of anilines is 1. The first-order valence-corrected chi connectivity index (χ1v) is 9.18. The molecule has 2 aromatic rings. The van der Waals surface area contributed by atoms with E-state index < -0.39 is 0 Å². The molecule has 146 valence electrons. The lowest BCUT2D eigenvalue weighted by Gasteiger charge is -2.13. The SMILES string of the molecule is COCCn1c(C)cc(C(=O)C[NH+](C)CC(=O)Nc2ccc(C)cc2)c1C. The molecule has 1 unspecified atom stereocenters. The molecule has 1 atom stereocenters. The van der Waals surface area contributed by atoms with Gasteiger partial charge in [0.25, 0.3) is 5.91 Å². The van der Waals surface area contributed by atoms with E-state index in [9.17, 15) is 9.59 Å². The fraction of sp³-hybridized carbons (Fsp3) is 0.429. The summed E-state index contributed by atoms with van der Waals surface area (Å²) in [6, 6.07) is 9.59. The Kier molecular flexibility index (Phi) is 7.33. The van der Waals surface area contributed by atoms with Crippen molar-refractivity contribution in [1.29, 1.82) is 0 Å². The van der Waals surface area contributed by atoms with Gasteiger partial charge in [-0.1, -0.05) is 17.7 Å². The Hall–Kier alpha value is -2.44. The number of nitrogens with one attached hydrogen (secondary N) is 2. The highest BCUT2D eigenvalue weighted by atomic mass is 16.5. The molecule has 0 fully saturated rings. The van der Waals surface area contributed by atoms with Gasteiger partial charge in [0.05, 0.1) is 13.7 Å². The van der Waals surface area contributed by atoms with Crippen molar-refractivity contribution >= 4 is 17.4 Å². The number of hydrogen-bond acceptors (Lipinski definition) is 3. The number of Topliss-reactive ketones (excluding diaryl/α,β-unsaturated/α-hetero) is 1. The summed E-state index contributed by atoms with van der Waals surface area (Å²) in [4.78, 5) is 25.8. The van der Waals surface area contributed by atoms with E-state index in [1.807, 2.05) is 58.2 Å². The summed E-state index contributed by atoms with van der Waals surface area (Å²) in [6.07, 6.45) is 0. The number of aryl methyl sites for hydroxylation is 2. The van der Waals surface area contributed by atoms with Crippen LogP contribution in [0.1, 0.15) is 27.3 Å². The van der Waals surface area contributed by atoms with Crippen LogP contribution in [-0.2, 0) is 16.1 Å². The van der Waals surface area contributed by atoms with Crippen molar-refractivity contribution in [2.75, 3.05) is 39.2 Å². The van der Waals surface area contributed by atoms with Gasteiger partial charge in [0, 0.05) is 36.3 Å². The van der Waals surface area contributed by atoms with E-state index in [2.05, 4.69) is 9.88 Å². The van der Waals surface area contributed by atoms with Crippen molar-refractivity contribution in [1.82, 2.24) is 4.57 Å². The van der Waals surface area contributed by atoms with Gasteiger partial charge in [-0.05, 0) is 39.0 Å². The zero-order valence-electron chi connectivity index (χ0n) is 16.9. The molecule has 2 rings (SSSR count). The molecule has 1 heterocycles. The van der Waals surface area contributed by atoms with E-state index in [1.165, 1.54) is 0 Å². The number of rotatable bonds is 9. The van der Waals surface area contributed by atoms with Crippen LogP contribution >= 0.6 is 0 Å². The van der Waals surface area contributed by atoms with Crippen molar-refractivity contribution in [2.24, 2.45) is 0 Å². The molecule has 1 aromatic heterocycles. The maximum Gasteiger partial charge on any atom is 0.279 e. The number of ketones is 1. The Morgan fingerprint density at radius 2 is 1.78 bits per heavy atom. The maximum atomic E-state index is 12.7. The summed E-state index contributed by atoms with van der Waals surface area (Å²) in [5, 5.41) is 2.87. The Morgan fingerprint density at radius 1 is 1.11 bits per heavy atom. The summed E-state index contributed by atoms with van der Waals surface area (Å²) in [6.45, 7) is 7.79. The molecule has 2 N–H and O–H groups in total. The first-order chi connectivity index (χ1) is 12.8. The predicted octanol–water partition coefficient (Wildman–Crippen LogP) is 1.40. The van der Waals surface area contributed by atoms with Crippen molar-refractivity contribution in [3.63, 3.8) is 0 Å². The molecular weight excluding hydrogens is 342 g/mol. The number of amides is 1. The second-order valence-electron chi connectivity index (χ2n) is 7.08. The van der Waals surface area contributed by atoms with Crippen LogP contribution in [0.4, 0.5) is 5.69 Å². The number of carbonyl (C=O) groups is 2. The monoisotopic (exact) mass is 372 g/mol. The van der Waals surface area contributed by atoms with Crippen LogP contribution in [0.15, 0.2) is 30.3 Å². The largest absolute Gasteiger partial charge is 0.383 e. The Labute approximate surface area is 161 Å². The summed E-state index contributed by atoms with van der Waals surface area (Å²) in [7, 11) is 3.52. The number of quaternary nitrogens is 1. The third kappa shape index (κ3) is 5.77. The van der Waals surface area contributed by atoms with Gasteiger partial charge in [-0.25, -0.2) is 0 Å². The van der Waals surface area contributed by atoms with Gasteiger partial charge >= 0.3 is 0 Å². The molecule has 0 aliphatic rings. The Morgan fingerprint density at radius 3 is 2.41 bits per heavy atom. The van der Waals surface area contributed by atoms with Crippen LogP contribution in [0.5, 0.6) is 0 Å². The van der Waals surface area contributed by atoms with Crippen LogP contribution in [0, 0.1) is 20.8 Å². The zero-order valence-corrected chi connectivity index (χ0v) is 16.9. The van der Waals surface area contributed by atoms with Gasteiger partial charge in [0.15, 0.2) is 6.54 Å². The van der Waals surface area contributed by atoms with E-state index in [4.69, 9.17) is 4.74 Å². The van der Waals surface area contributed by atoms with Crippen molar-refractivity contribution < 1.29 is 19.2 Å². The van der Waals surface area contributed by atoms with Gasteiger partial charge in [-0.15, -0.1) is 0 Å². The van der Waals surface area contributed by atoms with Crippen LogP contribution in [0.25, 0.3) is 0 Å². The zero-order chi connectivity index (χ0) is 20.0. The number of benzene rings is 1. The fourth-order valence-electron chi connectivity index (χ4n) is 3.16. The quantitative estimate of drug-likeness (QED) is 0.654. The van der Waals surface area contributed by atoms with E-state index in [-0.39, 0.29) is 24.8 Å². The molecule has 27 heavy (non-hydrogen) atoms. The van der Waals surface area contributed by atoms with Gasteiger partial charge < -0.3 is 19.5 Å². The predicted molar refractivity (Wildman–Crippen MR) is 107 cm³/mol. The molecule has 0 spiro atoms. The smallest absolute Gasteiger partial charge is 0.279 e. The van der Waals surface area contributed by atoms with Crippen molar-refractivity contribution in [3.8, 4) is 0 Å². The first kappa shape index (κ1) is 20.9. The Bertz CT molecular complexity index is 794. The number of hydrogen-bond donors (Lipinski definition) is 2. The molecule has 0 bridgehead atoms. The van der Waals surface area contributed by atoms with Crippen LogP contribution in [0.3, 0.4) is 0 Å². The summed E-state index contributed by atoms with van der Waals surface area (Å²) in [5.41, 5.74) is 4.63. The topological polar surface area (TPSA) is 64.8 Å². The van der Waals surface area contributed by atoms with Crippen molar-refractivity contribution in [3.05, 3.63) is 52.8 Å². The number of likely N-dealkylation sites (N-methyl/N-ethyl adjacent to an activating group) is 1. The minimum atomic E-state index is -0.102. The third-order valence-corrected chi connectivity index (χ3v) is 4.65. The van der Waals surface area contributed by atoms with Crippen LogP contribution in [-0.4, -0.2) is 50.1 Å². The van der Waals surface area contributed by atoms with E-state index in [1.54, 1.807) is 7.11 Å². The number of nitrogens with zero attached hydrogens (tertiary/aromatic N) is 1. The van der Waals surface area contributed by atoms with Crippen molar-refractivity contribution in [2.45, 2.75) is 27.3 Å². The van der Waals surface area contributed by atoms with E-state index in [0.29, 0.717) is 6.61 Å². The molecule has 6 heteroatoms. The minimum absolute atomic E-state index is 0.0485. The number of methoxy groups -OCH3 is 1. The number of ether oxygens (including phenoxy) is 1. The molecule has 6 nitrogen and oxygen atoms in total. The van der Waals surface area contributed by atoms with Gasteiger partial charge in [0.2, 0.25) is 5.78 Å². The highest BCUT2D eigenvalue weighted by Gasteiger charge is 2.20. The molecule has 0 aliphatic carbocycles. The van der Waals surface area contributed by atoms with E-state index in [0.717, 1.165) is 39.6 Å². The molecule has 0 saturated carbocycles. The average Bonchev–Trinajstić information content (AvgIpc) is 2.89. The molecular formula is C21H30N3O3+. The normalized spacial score (nSPS) is 12.0. The highest BCUT2D eigenvalue weighted by molar-refractivity contribution is 5.98. The maximum absolute atomic E-state index is 12.7. The summed E-state index contributed by atoms with van der Waals surface area (Å²) >= 11 is 0. The lowest BCUT2D eigenvalue weighted by Crippen LogP contribution is -3.11. The first-order valence-electron chi connectivity index (χ1n) is 9.18. The molecule has 0 saturated heterocycles. The lowest BCUT2D eigenvalue weighted by molar-refractivity contribution is -0.861. The summed E-state index contributed by atoms with van der Waals surface area (Å²) < 4.78 is 7.23. The second-order valence-corrected chi connectivity index (χ2v) is 7.08. The molecule has 0 aliphatic heterocycles. The average molecular weight is 372 g/mol. The fourth-order valence-corrected chi connectivity index (χ4v) is 3.16. The Balaban J connectivity index is 1.93. The van der Waals surface area contributed by atoms with Crippen LogP contribution < -0.4 is 10.2 Å². The molecule has 1 aromatic carbocycles. The summed E-state index contributed by atoms with van der Waals surface area (Å²) in [5.74, 6) is -0.0536. The number of aromatic nitrogens is 1. The van der Waals surface area contributed by atoms with Crippen LogP contribution in [0.2, 0.25) is 0 Å². The molecule has 1 amide bonds. The van der Waals surface area contributed by atoms with Gasteiger partial charge in [-0.2, -0.15) is 0 Å². The highest BCUT2D eigenvalue weighted by Crippen LogP contribution is 2.15. The second kappa shape index (κ2) is 9.48.